The Morgan fingerprint density at radius 2 is 1.83 bits per heavy atom. The molecule has 0 bridgehead atoms. The maximum Gasteiger partial charge on any atom is 0.416 e. The van der Waals surface area contributed by atoms with Crippen molar-refractivity contribution in [1.29, 1.82) is 0 Å². The number of amides is 1. The van der Waals surface area contributed by atoms with Crippen LogP contribution in [0.15, 0.2) is 48.5 Å². The van der Waals surface area contributed by atoms with Crippen LogP contribution in [0.1, 0.15) is 27.2 Å². The second-order valence-electron chi connectivity index (χ2n) is 6.42. The lowest BCUT2D eigenvalue weighted by Crippen LogP contribution is -2.17. The van der Waals surface area contributed by atoms with Gasteiger partial charge in [0.2, 0.25) is 0 Å². The van der Waals surface area contributed by atoms with Crippen LogP contribution in [0.4, 0.5) is 23.4 Å². The van der Waals surface area contributed by atoms with Crippen molar-refractivity contribution >= 4 is 22.5 Å². The average molecular weight is 423 g/mol. The van der Waals surface area contributed by atoms with Gasteiger partial charge in [-0.15, -0.1) is 0 Å². The lowest BCUT2D eigenvalue weighted by Gasteiger charge is -2.12. The number of hydrogen-bond acceptors (Lipinski definition) is 3. The number of nitrogens with one attached hydrogen (secondary N) is 1. The Kier molecular flexibility index (Phi) is 4.73. The molecular weight excluding hydrogens is 410 g/mol. The van der Waals surface area contributed by atoms with Gasteiger partial charge >= 0.3 is 6.18 Å². The van der Waals surface area contributed by atoms with Gasteiger partial charge in [-0.1, -0.05) is 6.07 Å². The fourth-order valence-electron chi connectivity index (χ4n) is 3.04. The summed E-state index contributed by atoms with van der Waals surface area (Å²) in [7, 11) is -1.18. The highest BCUT2D eigenvalue weighted by molar-refractivity contribution is 7.83. The Morgan fingerprint density at radius 3 is 2.52 bits per heavy atom. The normalized spacial score (nSPS) is 15.9. The molecule has 0 fully saturated rings. The monoisotopic (exact) mass is 423 g/mol. The topological polar surface area (TPSA) is 64.0 Å². The minimum Gasteiger partial charge on any atom is -0.306 e. The Bertz CT molecular complexity index is 1120. The highest BCUT2D eigenvalue weighted by atomic mass is 32.2. The number of benzene rings is 2. The van der Waals surface area contributed by atoms with Crippen molar-refractivity contribution in [2.75, 3.05) is 5.32 Å². The third-order valence-electron chi connectivity index (χ3n) is 4.42. The molecule has 3 aromatic rings. The van der Waals surface area contributed by atoms with E-state index in [0.717, 1.165) is 18.2 Å². The number of fused-ring (bicyclic) bond motifs is 1. The van der Waals surface area contributed by atoms with Crippen LogP contribution in [0.25, 0.3) is 5.69 Å². The molecule has 0 saturated carbocycles. The Labute approximate surface area is 164 Å². The zero-order chi connectivity index (χ0) is 20.8. The van der Waals surface area contributed by atoms with Gasteiger partial charge in [0.05, 0.1) is 28.5 Å². The summed E-state index contributed by atoms with van der Waals surface area (Å²) < 4.78 is 65.3. The van der Waals surface area contributed by atoms with E-state index in [2.05, 4.69) is 10.4 Å². The van der Waals surface area contributed by atoms with Crippen molar-refractivity contribution in [3.05, 3.63) is 76.7 Å². The van der Waals surface area contributed by atoms with Gasteiger partial charge in [0.25, 0.3) is 5.91 Å². The van der Waals surface area contributed by atoms with Crippen LogP contribution in [0.5, 0.6) is 0 Å². The van der Waals surface area contributed by atoms with Crippen molar-refractivity contribution in [1.82, 2.24) is 9.78 Å². The van der Waals surface area contributed by atoms with Crippen molar-refractivity contribution in [3.8, 4) is 5.69 Å². The molecule has 10 heteroatoms. The summed E-state index contributed by atoms with van der Waals surface area (Å²) in [5.41, 5.74) is 0.397. The van der Waals surface area contributed by atoms with Crippen LogP contribution in [-0.2, 0) is 28.5 Å². The van der Waals surface area contributed by atoms with E-state index >= 15 is 0 Å². The zero-order valence-electron chi connectivity index (χ0n) is 14.7. The first-order chi connectivity index (χ1) is 13.7. The molecule has 150 valence electrons. The fourth-order valence-corrected chi connectivity index (χ4v) is 4.31. The first-order valence-corrected chi connectivity index (χ1v) is 9.91. The van der Waals surface area contributed by atoms with Crippen LogP contribution in [0, 0.1) is 5.82 Å². The molecule has 1 unspecified atom stereocenters. The van der Waals surface area contributed by atoms with Gasteiger partial charge < -0.3 is 5.32 Å². The summed E-state index contributed by atoms with van der Waals surface area (Å²) in [5, 5.41) is 6.94. The van der Waals surface area contributed by atoms with Gasteiger partial charge in [-0.2, -0.15) is 18.3 Å². The smallest absolute Gasteiger partial charge is 0.306 e. The third kappa shape index (κ3) is 3.80. The summed E-state index contributed by atoms with van der Waals surface area (Å²) in [6.07, 6.45) is -4.58. The largest absolute Gasteiger partial charge is 0.416 e. The SMILES string of the molecule is O=C(Nc1c2c(nn1-c1ccc(F)cc1)CS(=O)C2)c1cccc(C(F)(F)F)c1. The van der Waals surface area contributed by atoms with Gasteiger partial charge in [-0.25, -0.2) is 9.07 Å². The summed E-state index contributed by atoms with van der Waals surface area (Å²) in [6, 6.07) is 9.39. The summed E-state index contributed by atoms with van der Waals surface area (Å²) in [5.74, 6) is -0.645. The number of alkyl halides is 3. The molecule has 1 amide bonds. The highest BCUT2D eigenvalue weighted by Gasteiger charge is 2.32. The quantitative estimate of drug-likeness (QED) is 0.647. The van der Waals surface area contributed by atoms with E-state index in [0.29, 0.717) is 16.9 Å². The molecule has 2 heterocycles. The van der Waals surface area contributed by atoms with E-state index in [4.69, 9.17) is 0 Å². The first kappa shape index (κ1) is 19.3. The number of halogens is 4. The minimum absolute atomic E-state index is 0.161. The van der Waals surface area contributed by atoms with Gasteiger partial charge in [-0.3, -0.25) is 9.00 Å². The van der Waals surface area contributed by atoms with E-state index in [-0.39, 0.29) is 22.9 Å². The fraction of sp³-hybridized carbons (Fsp3) is 0.158. The van der Waals surface area contributed by atoms with Gasteiger partial charge in [0.1, 0.15) is 11.6 Å². The van der Waals surface area contributed by atoms with Crippen LogP contribution >= 0.6 is 0 Å². The van der Waals surface area contributed by atoms with E-state index in [1.54, 1.807) is 0 Å². The standard InChI is InChI=1S/C19H13F4N3O2S/c20-13-4-6-14(7-5-13)26-17(15-9-29(28)10-16(15)25-26)24-18(27)11-2-1-3-12(8-11)19(21,22)23/h1-8H,9-10H2,(H,24,27). The summed E-state index contributed by atoms with van der Waals surface area (Å²) in [4.78, 5) is 12.7. The third-order valence-corrected chi connectivity index (χ3v) is 5.63. The molecule has 4 rings (SSSR count). The summed E-state index contributed by atoms with van der Waals surface area (Å²) >= 11 is 0. The van der Waals surface area contributed by atoms with Gasteiger partial charge in [0, 0.05) is 21.9 Å². The molecular formula is C19H13F4N3O2S. The zero-order valence-corrected chi connectivity index (χ0v) is 15.5. The number of carbonyl (C=O) groups excluding carboxylic acids is 1. The predicted octanol–water partition coefficient (Wildman–Crippen LogP) is 4.04. The van der Waals surface area contributed by atoms with E-state index < -0.39 is 34.3 Å². The molecule has 0 radical (unpaired) electrons. The molecule has 5 nitrogen and oxygen atoms in total. The second kappa shape index (κ2) is 7.11. The number of carbonyl (C=O) groups is 1. The molecule has 29 heavy (non-hydrogen) atoms. The second-order valence-corrected chi connectivity index (χ2v) is 7.88. The van der Waals surface area contributed by atoms with Crippen molar-refractivity contribution in [3.63, 3.8) is 0 Å². The molecule has 0 saturated heterocycles. The molecule has 0 aliphatic carbocycles. The molecule has 1 aliphatic heterocycles. The van der Waals surface area contributed by atoms with E-state index in [1.807, 2.05) is 0 Å². The molecule has 1 aromatic heterocycles. The van der Waals surface area contributed by atoms with E-state index in [1.165, 1.54) is 35.0 Å². The van der Waals surface area contributed by atoms with Gasteiger partial charge in [0.15, 0.2) is 0 Å². The lowest BCUT2D eigenvalue weighted by molar-refractivity contribution is -0.137. The van der Waals surface area contributed by atoms with Gasteiger partial charge in [-0.05, 0) is 42.5 Å². The maximum atomic E-state index is 13.3. The van der Waals surface area contributed by atoms with Crippen molar-refractivity contribution in [2.45, 2.75) is 17.7 Å². The Morgan fingerprint density at radius 1 is 1.10 bits per heavy atom. The van der Waals surface area contributed by atoms with Crippen LogP contribution in [0.2, 0.25) is 0 Å². The first-order valence-electron chi connectivity index (χ1n) is 8.42. The Hall–Kier alpha value is -3.01. The number of anilines is 1. The molecule has 1 aliphatic rings. The maximum absolute atomic E-state index is 13.3. The molecule has 1 N–H and O–H groups in total. The van der Waals surface area contributed by atoms with Crippen molar-refractivity contribution < 1.29 is 26.6 Å². The van der Waals surface area contributed by atoms with E-state index in [9.17, 15) is 26.6 Å². The molecule has 1 atom stereocenters. The van der Waals surface area contributed by atoms with Crippen molar-refractivity contribution in [2.24, 2.45) is 0 Å². The number of aromatic nitrogens is 2. The number of hydrogen-bond donors (Lipinski definition) is 1. The summed E-state index contributed by atoms with van der Waals surface area (Å²) in [6.45, 7) is 0. The van der Waals surface area contributed by atoms with Crippen LogP contribution < -0.4 is 5.32 Å². The molecule has 2 aromatic carbocycles. The predicted molar refractivity (Wildman–Crippen MR) is 98.5 cm³/mol. The minimum atomic E-state index is -4.58. The lowest BCUT2D eigenvalue weighted by atomic mass is 10.1. The Balaban J connectivity index is 1.72. The number of nitrogens with zero attached hydrogens (tertiary/aromatic N) is 2. The average Bonchev–Trinajstić information content (AvgIpc) is 3.19. The van der Waals surface area contributed by atoms with Crippen LogP contribution in [0.3, 0.4) is 0 Å². The molecule has 0 spiro atoms. The van der Waals surface area contributed by atoms with Crippen LogP contribution in [-0.4, -0.2) is 19.9 Å². The highest BCUT2D eigenvalue weighted by Crippen LogP contribution is 2.33. The number of rotatable bonds is 3.